The van der Waals surface area contributed by atoms with Gasteiger partial charge in [0, 0.05) is 24.9 Å². The van der Waals surface area contributed by atoms with Crippen molar-refractivity contribution in [2.75, 3.05) is 32.2 Å². The molecule has 38 heavy (non-hydrogen) atoms. The van der Waals surface area contributed by atoms with Crippen molar-refractivity contribution < 1.29 is 27.4 Å². The van der Waals surface area contributed by atoms with E-state index in [1.165, 1.54) is 33.5 Å². The Labute approximate surface area is 226 Å². The number of aromatic nitrogens is 5. The molecule has 3 aromatic rings. The average molecular weight is 567 g/mol. The Morgan fingerprint density at radius 3 is 2.32 bits per heavy atom. The van der Waals surface area contributed by atoms with E-state index in [9.17, 15) is 8.42 Å². The fraction of sp³-hybridized carbons (Fsp3) is 0.500. The lowest BCUT2D eigenvalue weighted by Crippen LogP contribution is -2.35. The smallest absolute Gasteiger partial charge is 0.243 e. The highest BCUT2D eigenvalue weighted by Gasteiger charge is 2.37. The zero-order valence-corrected chi connectivity index (χ0v) is 23.4. The topological polar surface area (TPSA) is 140 Å². The zero-order chi connectivity index (χ0) is 27.4. The van der Waals surface area contributed by atoms with E-state index in [0.29, 0.717) is 47.7 Å². The molecule has 1 fully saturated rings. The molecule has 2 aromatic heterocycles. The predicted octanol–water partition coefficient (Wildman–Crippen LogP) is 3.53. The molecule has 1 saturated heterocycles. The van der Waals surface area contributed by atoms with Crippen LogP contribution in [-0.4, -0.2) is 71.9 Å². The number of hydrogen-bond acceptors (Lipinski definition) is 10. The van der Waals surface area contributed by atoms with Crippen molar-refractivity contribution in [1.29, 1.82) is 0 Å². The number of hydrogen-bond donors (Lipinski definition) is 1. The van der Waals surface area contributed by atoms with Gasteiger partial charge in [-0.2, -0.15) is 0 Å². The molecule has 0 aliphatic carbocycles. The number of ether oxygens (including phenoxy) is 4. The van der Waals surface area contributed by atoms with Crippen LogP contribution < -0.4 is 14.2 Å². The SMILES string of the molecule is COc1cccc(OC)c1-n1c(NS(=O)(=O)[C@@H](C)[C@@H](OC(C)C)c2ncc(Cl)cn2)nnc1C1CCOC1. The number of nitrogens with zero attached hydrogens (tertiary/aromatic N) is 5. The van der Waals surface area contributed by atoms with Crippen molar-refractivity contribution in [2.24, 2.45) is 0 Å². The van der Waals surface area contributed by atoms with Gasteiger partial charge in [0.1, 0.15) is 34.4 Å². The Hall–Kier alpha value is -3.00. The minimum Gasteiger partial charge on any atom is -0.494 e. The molecule has 0 saturated carbocycles. The molecule has 3 atom stereocenters. The van der Waals surface area contributed by atoms with Gasteiger partial charge in [-0.1, -0.05) is 17.7 Å². The first-order chi connectivity index (χ1) is 18.2. The maximum Gasteiger partial charge on any atom is 0.243 e. The second kappa shape index (κ2) is 11.8. The molecule has 1 N–H and O–H groups in total. The Morgan fingerprint density at radius 2 is 1.76 bits per heavy atom. The van der Waals surface area contributed by atoms with Gasteiger partial charge >= 0.3 is 0 Å². The van der Waals surface area contributed by atoms with Gasteiger partial charge in [0.05, 0.1) is 32.0 Å². The summed E-state index contributed by atoms with van der Waals surface area (Å²) in [5, 5.41) is 7.79. The zero-order valence-electron chi connectivity index (χ0n) is 21.8. The number of anilines is 1. The normalized spacial score (nSPS) is 17.4. The Morgan fingerprint density at radius 1 is 1.11 bits per heavy atom. The molecule has 0 bridgehead atoms. The van der Waals surface area contributed by atoms with Crippen LogP contribution in [0.1, 0.15) is 50.9 Å². The summed E-state index contributed by atoms with van der Waals surface area (Å²) in [5.74, 6) is 1.49. The Bertz CT molecular complexity index is 1320. The minimum absolute atomic E-state index is 0.0260. The molecule has 0 radical (unpaired) electrons. The second-order valence-corrected chi connectivity index (χ2v) is 11.5. The molecule has 4 rings (SSSR count). The third kappa shape index (κ3) is 5.85. The largest absolute Gasteiger partial charge is 0.494 e. The monoisotopic (exact) mass is 566 g/mol. The lowest BCUT2D eigenvalue weighted by molar-refractivity contribution is 0.00154. The second-order valence-electron chi connectivity index (χ2n) is 9.01. The molecule has 12 nitrogen and oxygen atoms in total. The quantitative estimate of drug-likeness (QED) is 0.366. The van der Waals surface area contributed by atoms with Crippen molar-refractivity contribution in [1.82, 2.24) is 24.7 Å². The number of methoxy groups -OCH3 is 2. The van der Waals surface area contributed by atoms with Crippen molar-refractivity contribution in [3.8, 4) is 17.2 Å². The van der Waals surface area contributed by atoms with Crippen LogP contribution in [0.25, 0.3) is 5.69 Å². The van der Waals surface area contributed by atoms with Gasteiger partial charge in [-0.05, 0) is 39.3 Å². The van der Waals surface area contributed by atoms with Gasteiger partial charge in [0.25, 0.3) is 0 Å². The summed E-state index contributed by atoms with van der Waals surface area (Å²) in [5.41, 5.74) is 0.464. The number of para-hydroxylation sites is 1. The lowest BCUT2D eigenvalue weighted by atomic mass is 10.1. The number of halogens is 1. The van der Waals surface area contributed by atoms with Gasteiger partial charge in [-0.25, -0.2) is 18.4 Å². The predicted molar refractivity (Wildman–Crippen MR) is 141 cm³/mol. The Kier molecular flexibility index (Phi) is 8.71. The lowest BCUT2D eigenvalue weighted by Gasteiger charge is -2.25. The van der Waals surface area contributed by atoms with Crippen LogP contribution in [0.15, 0.2) is 30.6 Å². The van der Waals surface area contributed by atoms with Crippen molar-refractivity contribution >= 4 is 27.6 Å². The molecule has 0 amide bonds. The van der Waals surface area contributed by atoms with E-state index >= 15 is 0 Å². The fourth-order valence-corrected chi connectivity index (χ4v) is 5.35. The highest BCUT2D eigenvalue weighted by atomic mass is 35.5. The Balaban J connectivity index is 1.78. The third-order valence-electron chi connectivity index (χ3n) is 6.07. The van der Waals surface area contributed by atoms with E-state index in [4.69, 9.17) is 30.5 Å². The molecular formula is C24H31ClN6O6S. The van der Waals surface area contributed by atoms with Crippen LogP contribution >= 0.6 is 11.6 Å². The summed E-state index contributed by atoms with van der Waals surface area (Å²) in [4.78, 5) is 8.40. The summed E-state index contributed by atoms with van der Waals surface area (Å²) in [6.07, 6.45) is 2.22. The maximum absolute atomic E-state index is 13.7. The van der Waals surface area contributed by atoms with E-state index in [1.54, 1.807) is 36.6 Å². The van der Waals surface area contributed by atoms with E-state index in [0.717, 1.165) is 0 Å². The van der Waals surface area contributed by atoms with Crippen LogP contribution in [0.4, 0.5) is 5.95 Å². The molecule has 1 aromatic carbocycles. The van der Waals surface area contributed by atoms with E-state index in [2.05, 4.69) is 24.9 Å². The van der Waals surface area contributed by atoms with Gasteiger partial charge in [0.15, 0.2) is 5.82 Å². The van der Waals surface area contributed by atoms with Crippen LogP contribution in [0.5, 0.6) is 11.5 Å². The molecular weight excluding hydrogens is 536 g/mol. The molecule has 0 spiro atoms. The van der Waals surface area contributed by atoms with Gasteiger partial charge < -0.3 is 18.9 Å². The average Bonchev–Trinajstić information content (AvgIpc) is 3.56. The molecule has 3 heterocycles. The number of rotatable bonds is 11. The minimum atomic E-state index is -4.12. The van der Waals surface area contributed by atoms with Crippen molar-refractivity contribution in [3.63, 3.8) is 0 Å². The number of nitrogens with one attached hydrogen (secondary N) is 1. The summed E-state index contributed by atoms with van der Waals surface area (Å²) >= 11 is 5.94. The van der Waals surface area contributed by atoms with Crippen molar-refractivity contribution in [3.05, 3.63) is 47.3 Å². The summed E-state index contributed by atoms with van der Waals surface area (Å²) in [6, 6.07) is 5.27. The number of sulfonamides is 1. The van der Waals surface area contributed by atoms with Crippen LogP contribution in [0.2, 0.25) is 5.02 Å². The summed E-state index contributed by atoms with van der Waals surface area (Å²) in [7, 11) is -1.08. The summed E-state index contributed by atoms with van der Waals surface area (Å²) in [6.45, 7) is 6.11. The van der Waals surface area contributed by atoms with Crippen LogP contribution in [-0.2, 0) is 19.5 Å². The van der Waals surface area contributed by atoms with E-state index < -0.39 is 21.4 Å². The highest BCUT2D eigenvalue weighted by Crippen LogP contribution is 2.38. The highest BCUT2D eigenvalue weighted by molar-refractivity contribution is 7.93. The molecule has 14 heteroatoms. The molecule has 1 aliphatic rings. The molecule has 1 aliphatic heterocycles. The van der Waals surface area contributed by atoms with Crippen LogP contribution in [0, 0.1) is 0 Å². The first kappa shape index (κ1) is 28.0. The maximum atomic E-state index is 13.7. The van der Waals surface area contributed by atoms with Crippen LogP contribution in [0.3, 0.4) is 0 Å². The number of benzene rings is 1. The third-order valence-corrected chi connectivity index (χ3v) is 7.96. The summed E-state index contributed by atoms with van der Waals surface area (Å²) < 4.78 is 54.4. The van der Waals surface area contributed by atoms with Gasteiger partial charge in [-0.15, -0.1) is 10.2 Å². The van der Waals surface area contributed by atoms with Crippen molar-refractivity contribution in [2.45, 2.75) is 50.6 Å². The molecule has 1 unspecified atom stereocenters. The van der Waals surface area contributed by atoms with Gasteiger partial charge in [-0.3, -0.25) is 9.29 Å². The first-order valence-electron chi connectivity index (χ1n) is 12.0. The first-order valence-corrected chi connectivity index (χ1v) is 14.0. The standard InChI is InChI=1S/C24H31ClN6O6S/c1-14(2)37-21(22-26-11-17(25)12-27-22)15(3)38(32,33)30-24-29-28-23(16-9-10-36-13-16)31(24)20-18(34-4)7-6-8-19(20)35-5/h6-8,11-12,14-16,21H,9-10,13H2,1-5H3,(H,29,30)/t15-,16?,21+/m0/s1. The van der Waals surface area contributed by atoms with E-state index in [-0.39, 0.29) is 23.8 Å². The van der Waals surface area contributed by atoms with E-state index in [1.807, 2.05) is 0 Å². The fourth-order valence-electron chi connectivity index (χ4n) is 4.16. The van der Waals surface area contributed by atoms with Gasteiger partial charge in [0.2, 0.25) is 16.0 Å². The molecule has 206 valence electrons.